The molecule has 0 N–H and O–H groups in total. The van der Waals surface area contributed by atoms with Gasteiger partial charge in [-0.15, -0.1) is 0 Å². The summed E-state index contributed by atoms with van der Waals surface area (Å²) in [5, 5.41) is 0. The van der Waals surface area contributed by atoms with Crippen LogP contribution in [0.25, 0.3) is 0 Å². The van der Waals surface area contributed by atoms with Crippen LogP contribution in [0.5, 0.6) is 0 Å². The van der Waals surface area contributed by atoms with Gasteiger partial charge in [0.05, 0.1) is 6.42 Å². The van der Waals surface area contributed by atoms with Gasteiger partial charge >= 0.3 is 5.97 Å². The molecule has 0 unspecified atom stereocenters. The number of ketones is 1. The molecule has 0 aromatic heterocycles. The third kappa shape index (κ3) is 4.23. The molecular weight excluding hydrogens is 410 g/mol. The van der Waals surface area contributed by atoms with E-state index in [1.54, 1.807) is 5.57 Å². The van der Waals surface area contributed by atoms with Crippen LogP contribution in [0.15, 0.2) is 11.6 Å². The zero-order chi connectivity index (χ0) is 23.2. The third-order valence-electron chi connectivity index (χ3n) is 10.9. The van der Waals surface area contributed by atoms with Crippen molar-refractivity contribution in [3.8, 4) is 0 Å². The Morgan fingerprint density at radius 1 is 1.03 bits per heavy atom. The number of carbonyl (C=O) groups is 2. The second-order valence-electron chi connectivity index (χ2n) is 12.6. The van der Waals surface area contributed by atoms with Crippen molar-refractivity contribution >= 4 is 11.8 Å². The first-order valence-corrected chi connectivity index (χ1v) is 13.9. The highest BCUT2D eigenvalue weighted by Gasteiger charge is 2.59. The van der Waals surface area contributed by atoms with E-state index >= 15 is 0 Å². The number of ether oxygens (including phenoxy) is 1. The Kier molecular flexibility index (Phi) is 6.52. The third-order valence-corrected chi connectivity index (χ3v) is 10.9. The van der Waals surface area contributed by atoms with Gasteiger partial charge in [-0.2, -0.15) is 0 Å². The van der Waals surface area contributed by atoms with Crippen molar-refractivity contribution in [3.63, 3.8) is 0 Å². The Morgan fingerprint density at radius 2 is 1.82 bits per heavy atom. The smallest absolute Gasteiger partial charge is 0.307 e. The minimum absolute atomic E-state index is 0.00174. The lowest BCUT2D eigenvalue weighted by Gasteiger charge is -2.58. The molecule has 0 aromatic rings. The molecule has 0 aromatic carbocycles. The molecule has 4 aliphatic carbocycles. The summed E-state index contributed by atoms with van der Waals surface area (Å²) >= 11 is 0. The first kappa shape index (κ1) is 23.6. The Hall–Kier alpha value is -1.16. The Bertz CT molecular complexity index is 799. The number of esters is 1. The number of likely N-dealkylation sites (tertiary alicyclic amines) is 1. The molecule has 0 spiro atoms. The van der Waals surface area contributed by atoms with Gasteiger partial charge in [-0.3, -0.25) is 9.59 Å². The van der Waals surface area contributed by atoms with Crippen molar-refractivity contribution < 1.29 is 14.3 Å². The Balaban J connectivity index is 1.21. The molecule has 184 valence electrons. The summed E-state index contributed by atoms with van der Waals surface area (Å²) in [6, 6.07) is 0. The van der Waals surface area contributed by atoms with Crippen molar-refractivity contribution in [2.75, 3.05) is 19.6 Å². The van der Waals surface area contributed by atoms with E-state index in [4.69, 9.17) is 4.74 Å². The van der Waals surface area contributed by atoms with E-state index < -0.39 is 0 Å². The average Bonchev–Trinajstić information content (AvgIpc) is 3.16. The average molecular weight is 456 g/mol. The molecule has 4 fully saturated rings. The van der Waals surface area contributed by atoms with E-state index in [-0.39, 0.29) is 28.8 Å². The molecule has 0 radical (unpaired) electrons. The van der Waals surface area contributed by atoms with Gasteiger partial charge in [0.1, 0.15) is 11.9 Å². The predicted molar refractivity (Wildman–Crippen MR) is 131 cm³/mol. The van der Waals surface area contributed by atoms with E-state index in [1.165, 1.54) is 38.5 Å². The summed E-state index contributed by atoms with van der Waals surface area (Å²) in [6.45, 7) is 9.88. The molecule has 5 rings (SSSR count). The van der Waals surface area contributed by atoms with Gasteiger partial charge in [0, 0.05) is 18.9 Å². The fourth-order valence-corrected chi connectivity index (χ4v) is 9.07. The summed E-state index contributed by atoms with van der Waals surface area (Å²) in [5.74, 6) is 2.85. The molecule has 4 heteroatoms. The molecule has 3 saturated carbocycles. The molecule has 1 heterocycles. The minimum Gasteiger partial charge on any atom is -0.462 e. The van der Waals surface area contributed by atoms with Crippen LogP contribution < -0.4 is 0 Å². The zero-order valence-electron chi connectivity index (χ0n) is 21.2. The molecule has 0 amide bonds. The van der Waals surface area contributed by atoms with Crippen LogP contribution in [0.1, 0.15) is 97.8 Å². The summed E-state index contributed by atoms with van der Waals surface area (Å²) in [6.07, 6.45) is 16.0. The monoisotopic (exact) mass is 455 g/mol. The maximum absolute atomic E-state index is 12.6. The second-order valence-corrected chi connectivity index (χ2v) is 12.6. The summed E-state index contributed by atoms with van der Waals surface area (Å²) in [5.41, 5.74) is 2.04. The minimum atomic E-state index is -0.00174. The highest BCUT2D eigenvalue weighted by atomic mass is 16.5. The maximum atomic E-state index is 12.6. The van der Waals surface area contributed by atoms with E-state index in [0.29, 0.717) is 18.1 Å². The van der Waals surface area contributed by atoms with E-state index in [9.17, 15) is 9.59 Å². The zero-order valence-corrected chi connectivity index (χ0v) is 21.2. The first-order valence-electron chi connectivity index (χ1n) is 13.9. The van der Waals surface area contributed by atoms with Crippen molar-refractivity contribution in [1.82, 2.24) is 4.90 Å². The second kappa shape index (κ2) is 9.13. The SMILES string of the molecule is CC(=O)[C@@H]1CC[C@@H]2[C@@H]3CC=C4C[C@@H](OC(=O)CCN5CCCCC5)CC[C@]4(C)[C@@H]3CC[C@@]21C. The predicted octanol–water partition coefficient (Wildman–Crippen LogP) is 5.94. The van der Waals surface area contributed by atoms with Gasteiger partial charge in [0.25, 0.3) is 0 Å². The van der Waals surface area contributed by atoms with Crippen LogP contribution in [0.2, 0.25) is 0 Å². The molecule has 4 nitrogen and oxygen atoms in total. The van der Waals surface area contributed by atoms with E-state index in [1.807, 2.05) is 6.92 Å². The first-order chi connectivity index (χ1) is 15.8. The van der Waals surface area contributed by atoms with Gasteiger partial charge < -0.3 is 9.64 Å². The van der Waals surface area contributed by atoms with Crippen LogP contribution >= 0.6 is 0 Å². The van der Waals surface area contributed by atoms with E-state index in [0.717, 1.165) is 63.6 Å². The molecular formula is C29H45NO3. The topological polar surface area (TPSA) is 46.6 Å². The molecule has 0 bridgehead atoms. The van der Waals surface area contributed by atoms with Crippen molar-refractivity contribution in [2.45, 2.75) is 104 Å². The lowest BCUT2D eigenvalue weighted by molar-refractivity contribution is -0.152. The molecule has 7 atom stereocenters. The fourth-order valence-electron chi connectivity index (χ4n) is 9.07. The van der Waals surface area contributed by atoms with Crippen LogP contribution in [0.4, 0.5) is 0 Å². The highest BCUT2D eigenvalue weighted by Crippen LogP contribution is 2.66. The van der Waals surface area contributed by atoms with Crippen LogP contribution in [0.3, 0.4) is 0 Å². The number of fused-ring (bicyclic) bond motifs is 5. The van der Waals surface area contributed by atoms with Crippen molar-refractivity contribution in [1.29, 1.82) is 0 Å². The number of hydrogen-bond donors (Lipinski definition) is 0. The van der Waals surface area contributed by atoms with Crippen molar-refractivity contribution in [3.05, 3.63) is 11.6 Å². The summed E-state index contributed by atoms with van der Waals surface area (Å²) < 4.78 is 5.99. The van der Waals surface area contributed by atoms with Crippen LogP contribution in [-0.4, -0.2) is 42.4 Å². The van der Waals surface area contributed by atoms with E-state index in [2.05, 4.69) is 24.8 Å². The van der Waals surface area contributed by atoms with Gasteiger partial charge in [-0.1, -0.05) is 31.9 Å². The molecule has 33 heavy (non-hydrogen) atoms. The fraction of sp³-hybridized carbons (Fsp3) is 0.862. The summed E-state index contributed by atoms with van der Waals surface area (Å²) in [7, 11) is 0. The molecule has 1 saturated heterocycles. The van der Waals surface area contributed by atoms with Crippen LogP contribution in [-0.2, 0) is 14.3 Å². The Labute approximate surface area is 200 Å². The standard InChI is InChI=1S/C29H45NO3/c1-20(31)24-9-10-25-23-8-7-21-19-22(33-27(32)13-18-30-16-5-4-6-17-30)11-14-28(21,2)26(23)12-15-29(24,25)3/h7,22-26H,4-6,8-19H2,1-3H3/t22-,23-,24-,25+,26+,28-,29+/m0/s1. The number of nitrogens with zero attached hydrogens (tertiary/aromatic N) is 1. The molecule has 5 aliphatic rings. The largest absolute Gasteiger partial charge is 0.462 e. The summed E-state index contributed by atoms with van der Waals surface area (Å²) in [4.78, 5) is 27.4. The van der Waals surface area contributed by atoms with Gasteiger partial charge in [0.2, 0.25) is 0 Å². The normalized spacial score (nSPS) is 43.1. The number of hydrogen-bond acceptors (Lipinski definition) is 4. The highest BCUT2D eigenvalue weighted by molar-refractivity contribution is 5.79. The number of carbonyl (C=O) groups excluding carboxylic acids is 2. The quantitative estimate of drug-likeness (QED) is 0.380. The lowest BCUT2D eigenvalue weighted by Crippen LogP contribution is -2.51. The molecule has 1 aliphatic heterocycles. The van der Waals surface area contributed by atoms with Gasteiger partial charge in [-0.05, 0) is 106 Å². The maximum Gasteiger partial charge on any atom is 0.307 e. The lowest BCUT2D eigenvalue weighted by atomic mass is 9.47. The van der Waals surface area contributed by atoms with Crippen molar-refractivity contribution in [2.24, 2.45) is 34.5 Å². The van der Waals surface area contributed by atoms with Crippen LogP contribution in [0, 0.1) is 34.5 Å². The number of allylic oxidation sites excluding steroid dienone is 1. The number of piperidine rings is 1. The number of Topliss-reactive ketones (excluding diaryl/α,β-unsaturated/α-hetero) is 1. The Morgan fingerprint density at radius 3 is 2.58 bits per heavy atom. The van der Waals surface area contributed by atoms with Gasteiger partial charge in [-0.25, -0.2) is 0 Å². The van der Waals surface area contributed by atoms with Gasteiger partial charge in [0.15, 0.2) is 0 Å². The number of rotatable bonds is 5.